The second-order valence-electron chi connectivity index (χ2n) is 3.89. The monoisotopic (exact) mass is 236 g/mol. The van der Waals surface area contributed by atoms with E-state index in [1.165, 1.54) is 0 Å². The highest BCUT2D eigenvalue weighted by Crippen LogP contribution is 2.14. The molecule has 0 amide bonds. The van der Waals surface area contributed by atoms with Crippen LogP contribution in [0.15, 0.2) is 24.3 Å². The summed E-state index contributed by atoms with van der Waals surface area (Å²) < 4.78 is 10.4. The molecule has 3 heteroatoms. The van der Waals surface area contributed by atoms with Gasteiger partial charge in [0.1, 0.15) is 5.75 Å². The quantitative estimate of drug-likeness (QED) is 0.514. The molecule has 3 nitrogen and oxygen atoms in total. The minimum Gasteiger partial charge on any atom is -0.494 e. The fraction of sp³-hybridized carbons (Fsp3) is 0.500. The van der Waals surface area contributed by atoms with Crippen LogP contribution in [-0.4, -0.2) is 26.1 Å². The average molecular weight is 236 g/mol. The predicted octanol–water partition coefficient (Wildman–Crippen LogP) is 3.08. The highest BCUT2D eigenvalue weighted by atomic mass is 16.5. The fourth-order valence-electron chi connectivity index (χ4n) is 1.48. The maximum Gasteiger partial charge on any atom is 0.162 e. The second kappa shape index (κ2) is 7.85. The summed E-state index contributed by atoms with van der Waals surface area (Å²) in [4.78, 5) is 11.7. The first-order chi connectivity index (χ1) is 8.27. The smallest absolute Gasteiger partial charge is 0.162 e. The van der Waals surface area contributed by atoms with Crippen LogP contribution in [0.3, 0.4) is 0 Å². The van der Waals surface area contributed by atoms with Crippen molar-refractivity contribution in [2.75, 3.05) is 20.3 Å². The first-order valence-corrected chi connectivity index (χ1v) is 6.03. The van der Waals surface area contributed by atoms with Gasteiger partial charge in [-0.3, -0.25) is 4.79 Å². The lowest BCUT2D eigenvalue weighted by molar-refractivity contribution is 0.0963. The van der Waals surface area contributed by atoms with Crippen molar-refractivity contribution in [3.05, 3.63) is 29.8 Å². The Hall–Kier alpha value is -1.35. The molecule has 0 saturated carbocycles. The van der Waals surface area contributed by atoms with Crippen molar-refractivity contribution < 1.29 is 14.3 Å². The first-order valence-electron chi connectivity index (χ1n) is 6.03. The standard InChI is InChI=1S/C14H20O3/c1-3-10-17-13-8-6-12(7-9-13)14(15)5-4-11-16-2/h6-9H,3-5,10-11H2,1-2H3. The van der Waals surface area contributed by atoms with Gasteiger partial charge >= 0.3 is 0 Å². The molecule has 0 bridgehead atoms. The first kappa shape index (κ1) is 13.7. The topological polar surface area (TPSA) is 35.5 Å². The summed E-state index contributed by atoms with van der Waals surface area (Å²) in [5, 5.41) is 0. The Morgan fingerprint density at radius 2 is 1.88 bits per heavy atom. The average Bonchev–Trinajstić information content (AvgIpc) is 2.37. The molecule has 17 heavy (non-hydrogen) atoms. The van der Waals surface area contributed by atoms with Gasteiger partial charge in [0.25, 0.3) is 0 Å². The predicted molar refractivity (Wildman–Crippen MR) is 67.7 cm³/mol. The zero-order valence-electron chi connectivity index (χ0n) is 10.6. The third-order valence-electron chi connectivity index (χ3n) is 2.40. The van der Waals surface area contributed by atoms with E-state index in [0.717, 1.165) is 24.2 Å². The maximum atomic E-state index is 11.7. The zero-order chi connectivity index (χ0) is 12.5. The Bertz CT molecular complexity index is 330. The van der Waals surface area contributed by atoms with E-state index in [9.17, 15) is 4.79 Å². The molecular formula is C14H20O3. The Kier molecular flexibility index (Phi) is 6.33. The van der Waals surface area contributed by atoms with E-state index in [0.29, 0.717) is 19.6 Å². The molecule has 0 heterocycles. The van der Waals surface area contributed by atoms with Crippen LogP contribution in [0.1, 0.15) is 36.5 Å². The number of methoxy groups -OCH3 is 1. The van der Waals surface area contributed by atoms with Gasteiger partial charge in [0.15, 0.2) is 5.78 Å². The number of carbonyl (C=O) groups is 1. The molecule has 1 aromatic rings. The molecule has 0 aliphatic carbocycles. The number of carbonyl (C=O) groups excluding carboxylic acids is 1. The van der Waals surface area contributed by atoms with E-state index < -0.39 is 0 Å². The van der Waals surface area contributed by atoms with E-state index in [1.807, 2.05) is 24.3 Å². The largest absolute Gasteiger partial charge is 0.494 e. The molecule has 0 fully saturated rings. The molecule has 0 aromatic heterocycles. The molecular weight excluding hydrogens is 216 g/mol. The number of benzene rings is 1. The third kappa shape index (κ3) is 5.00. The highest BCUT2D eigenvalue weighted by molar-refractivity contribution is 5.96. The number of rotatable bonds is 8. The van der Waals surface area contributed by atoms with E-state index in [1.54, 1.807) is 7.11 Å². The lowest BCUT2D eigenvalue weighted by Crippen LogP contribution is -2.01. The maximum absolute atomic E-state index is 11.7. The van der Waals surface area contributed by atoms with Crippen LogP contribution in [0, 0.1) is 0 Å². The van der Waals surface area contributed by atoms with Crippen molar-refractivity contribution in [2.45, 2.75) is 26.2 Å². The van der Waals surface area contributed by atoms with E-state index in [2.05, 4.69) is 6.92 Å². The number of hydrogen-bond acceptors (Lipinski definition) is 3. The Labute approximate surface area is 103 Å². The number of ether oxygens (including phenoxy) is 2. The van der Waals surface area contributed by atoms with Gasteiger partial charge in [-0.25, -0.2) is 0 Å². The summed E-state index contributed by atoms with van der Waals surface area (Å²) in [7, 11) is 1.64. The Morgan fingerprint density at radius 1 is 1.18 bits per heavy atom. The fourth-order valence-corrected chi connectivity index (χ4v) is 1.48. The summed E-state index contributed by atoms with van der Waals surface area (Å²) in [5.41, 5.74) is 0.741. The van der Waals surface area contributed by atoms with Gasteiger partial charge < -0.3 is 9.47 Å². The molecule has 0 saturated heterocycles. The van der Waals surface area contributed by atoms with Gasteiger partial charge in [-0.1, -0.05) is 6.92 Å². The van der Waals surface area contributed by atoms with Crippen LogP contribution < -0.4 is 4.74 Å². The van der Waals surface area contributed by atoms with Crippen LogP contribution in [0.4, 0.5) is 0 Å². The van der Waals surface area contributed by atoms with Gasteiger partial charge in [-0.2, -0.15) is 0 Å². The minimum absolute atomic E-state index is 0.157. The van der Waals surface area contributed by atoms with Crippen molar-refractivity contribution in [3.8, 4) is 5.75 Å². The lowest BCUT2D eigenvalue weighted by atomic mass is 10.1. The molecule has 0 radical (unpaired) electrons. The van der Waals surface area contributed by atoms with Crippen LogP contribution >= 0.6 is 0 Å². The Balaban J connectivity index is 2.46. The van der Waals surface area contributed by atoms with Gasteiger partial charge in [0.05, 0.1) is 6.61 Å². The molecule has 0 aliphatic rings. The van der Waals surface area contributed by atoms with E-state index in [-0.39, 0.29) is 5.78 Å². The van der Waals surface area contributed by atoms with Gasteiger partial charge in [0, 0.05) is 25.7 Å². The summed E-state index contributed by atoms with van der Waals surface area (Å²) in [5.74, 6) is 0.976. The van der Waals surface area contributed by atoms with Gasteiger partial charge in [-0.15, -0.1) is 0 Å². The van der Waals surface area contributed by atoms with Crippen molar-refractivity contribution in [1.82, 2.24) is 0 Å². The van der Waals surface area contributed by atoms with Gasteiger partial charge in [0.2, 0.25) is 0 Å². The number of ketones is 1. The summed E-state index contributed by atoms with van der Waals surface area (Å²) in [6, 6.07) is 7.33. The van der Waals surface area contributed by atoms with E-state index in [4.69, 9.17) is 9.47 Å². The second-order valence-corrected chi connectivity index (χ2v) is 3.89. The highest BCUT2D eigenvalue weighted by Gasteiger charge is 2.05. The number of Topliss-reactive ketones (excluding diaryl/α,β-unsaturated/α-hetero) is 1. The minimum atomic E-state index is 0.157. The van der Waals surface area contributed by atoms with Crippen molar-refractivity contribution in [3.63, 3.8) is 0 Å². The van der Waals surface area contributed by atoms with Crippen LogP contribution in [0.2, 0.25) is 0 Å². The molecule has 0 atom stereocenters. The van der Waals surface area contributed by atoms with Gasteiger partial charge in [-0.05, 0) is 37.1 Å². The molecule has 0 unspecified atom stereocenters. The molecule has 0 spiro atoms. The Morgan fingerprint density at radius 3 is 2.47 bits per heavy atom. The summed E-state index contributed by atoms with van der Waals surface area (Å²) >= 11 is 0. The van der Waals surface area contributed by atoms with Crippen molar-refractivity contribution in [1.29, 1.82) is 0 Å². The van der Waals surface area contributed by atoms with Crippen molar-refractivity contribution >= 4 is 5.78 Å². The normalized spacial score (nSPS) is 10.2. The van der Waals surface area contributed by atoms with Crippen LogP contribution in [-0.2, 0) is 4.74 Å². The van der Waals surface area contributed by atoms with Crippen molar-refractivity contribution in [2.24, 2.45) is 0 Å². The van der Waals surface area contributed by atoms with Crippen LogP contribution in [0.5, 0.6) is 5.75 Å². The third-order valence-corrected chi connectivity index (χ3v) is 2.40. The molecule has 1 rings (SSSR count). The van der Waals surface area contributed by atoms with E-state index >= 15 is 0 Å². The lowest BCUT2D eigenvalue weighted by Gasteiger charge is -2.05. The SMILES string of the molecule is CCCOc1ccc(C(=O)CCCOC)cc1. The number of hydrogen-bond donors (Lipinski definition) is 0. The molecule has 0 aliphatic heterocycles. The molecule has 1 aromatic carbocycles. The summed E-state index contributed by atoms with van der Waals surface area (Å²) in [6.45, 7) is 3.40. The van der Waals surface area contributed by atoms with Crippen LogP contribution in [0.25, 0.3) is 0 Å². The zero-order valence-corrected chi connectivity index (χ0v) is 10.6. The summed E-state index contributed by atoms with van der Waals surface area (Å²) in [6.07, 6.45) is 2.28. The molecule has 0 N–H and O–H groups in total. The molecule has 94 valence electrons.